The van der Waals surface area contributed by atoms with Crippen LogP contribution < -0.4 is 0 Å². The summed E-state index contributed by atoms with van der Waals surface area (Å²) in [6, 6.07) is 4.35. The summed E-state index contributed by atoms with van der Waals surface area (Å²) in [5.41, 5.74) is 4.99. The first-order chi connectivity index (χ1) is 8.12. The number of methoxy groups -OCH3 is 1. The van der Waals surface area contributed by atoms with Crippen LogP contribution in [0.25, 0.3) is 6.08 Å². The molecule has 0 aliphatic heterocycles. The molecule has 0 amide bonds. The number of hydrogen-bond acceptors (Lipinski definition) is 2. The molecule has 0 aromatic heterocycles. The Morgan fingerprint density at radius 2 is 1.76 bits per heavy atom. The van der Waals surface area contributed by atoms with Gasteiger partial charge in [0.15, 0.2) is 0 Å². The summed E-state index contributed by atoms with van der Waals surface area (Å²) in [6.07, 6.45) is 5.29. The SMILES string of the molecule is CCc1cc(C)cc(CC)c1C=CC(=O)OC. The first-order valence-corrected chi connectivity index (χ1v) is 6.00. The minimum atomic E-state index is -0.310. The summed E-state index contributed by atoms with van der Waals surface area (Å²) in [5, 5.41) is 0. The zero-order valence-corrected chi connectivity index (χ0v) is 11.0. The third-order valence-electron chi connectivity index (χ3n) is 2.84. The van der Waals surface area contributed by atoms with Crippen molar-refractivity contribution in [3.63, 3.8) is 0 Å². The number of rotatable bonds is 4. The summed E-state index contributed by atoms with van der Waals surface area (Å²) in [4.78, 5) is 11.1. The largest absolute Gasteiger partial charge is 0.466 e. The molecule has 0 bridgehead atoms. The van der Waals surface area contributed by atoms with Gasteiger partial charge in [-0.25, -0.2) is 4.79 Å². The predicted molar refractivity (Wildman–Crippen MR) is 71.0 cm³/mol. The molecule has 2 heteroatoms. The molecule has 2 nitrogen and oxygen atoms in total. The molecular weight excluding hydrogens is 212 g/mol. The van der Waals surface area contributed by atoms with E-state index < -0.39 is 0 Å². The molecule has 0 unspecified atom stereocenters. The zero-order valence-electron chi connectivity index (χ0n) is 11.0. The first kappa shape index (κ1) is 13.5. The van der Waals surface area contributed by atoms with Crippen LogP contribution in [-0.4, -0.2) is 13.1 Å². The Balaban J connectivity index is 3.19. The van der Waals surface area contributed by atoms with E-state index in [0.717, 1.165) is 18.4 Å². The van der Waals surface area contributed by atoms with Gasteiger partial charge < -0.3 is 4.74 Å². The molecule has 0 saturated heterocycles. The van der Waals surface area contributed by atoms with Gasteiger partial charge in [0.05, 0.1) is 7.11 Å². The molecule has 0 radical (unpaired) electrons. The van der Waals surface area contributed by atoms with Gasteiger partial charge in [0.25, 0.3) is 0 Å². The van der Waals surface area contributed by atoms with Crippen molar-refractivity contribution in [1.82, 2.24) is 0 Å². The summed E-state index contributed by atoms with van der Waals surface area (Å²) >= 11 is 0. The first-order valence-electron chi connectivity index (χ1n) is 6.00. The number of esters is 1. The summed E-state index contributed by atoms with van der Waals surface area (Å²) in [7, 11) is 1.39. The highest BCUT2D eigenvalue weighted by atomic mass is 16.5. The number of carbonyl (C=O) groups is 1. The quantitative estimate of drug-likeness (QED) is 0.588. The van der Waals surface area contributed by atoms with Crippen LogP contribution in [0.15, 0.2) is 18.2 Å². The average Bonchev–Trinajstić information content (AvgIpc) is 2.35. The number of carbonyl (C=O) groups excluding carboxylic acids is 1. The molecule has 0 atom stereocenters. The second-order valence-electron chi connectivity index (χ2n) is 4.06. The predicted octanol–water partition coefficient (Wildman–Crippen LogP) is 3.31. The zero-order chi connectivity index (χ0) is 12.8. The summed E-state index contributed by atoms with van der Waals surface area (Å²) < 4.78 is 4.62. The maximum Gasteiger partial charge on any atom is 0.330 e. The van der Waals surface area contributed by atoms with E-state index in [-0.39, 0.29) is 5.97 Å². The van der Waals surface area contributed by atoms with Crippen LogP contribution in [0.4, 0.5) is 0 Å². The van der Waals surface area contributed by atoms with Crippen LogP contribution in [0.2, 0.25) is 0 Å². The maximum absolute atomic E-state index is 11.1. The number of ether oxygens (including phenoxy) is 1. The van der Waals surface area contributed by atoms with E-state index in [1.165, 1.54) is 29.9 Å². The van der Waals surface area contributed by atoms with Gasteiger partial charge in [0.2, 0.25) is 0 Å². The third kappa shape index (κ3) is 3.45. The van der Waals surface area contributed by atoms with Crippen LogP contribution in [0, 0.1) is 6.92 Å². The molecule has 0 N–H and O–H groups in total. The molecule has 1 aromatic carbocycles. The topological polar surface area (TPSA) is 26.3 Å². The second kappa shape index (κ2) is 6.24. The van der Waals surface area contributed by atoms with E-state index in [1.54, 1.807) is 0 Å². The van der Waals surface area contributed by atoms with Crippen LogP contribution in [-0.2, 0) is 22.4 Å². The Morgan fingerprint density at radius 3 is 2.18 bits per heavy atom. The van der Waals surface area contributed by atoms with Crippen molar-refractivity contribution in [2.24, 2.45) is 0 Å². The Morgan fingerprint density at radius 1 is 1.24 bits per heavy atom. The highest BCUT2D eigenvalue weighted by Crippen LogP contribution is 2.20. The van der Waals surface area contributed by atoms with Gasteiger partial charge >= 0.3 is 5.97 Å². The third-order valence-corrected chi connectivity index (χ3v) is 2.84. The Hall–Kier alpha value is -1.57. The van der Waals surface area contributed by atoms with Crippen molar-refractivity contribution < 1.29 is 9.53 Å². The van der Waals surface area contributed by atoms with Crippen LogP contribution in [0.5, 0.6) is 0 Å². The smallest absolute Gasteiger partial charge is 0.330 e. The van der Waals surface area contributed by atoms with Crippen molar-refractivity contribution in [2.45, 2.75) is 33.6 Å². The average molecular weight is 232 g/mol. The van der Waals surface area contributed by atoms with Crippen LogP contribution in [0.1, 0.15) is 36.1 Å². The molecule has 0 saturated carbocycles. The highest BCUT2D eigenvalue weighted by Gasteiger charge is 2.05. The van der Waals surface area contributed by atoms with Gasteiger partial charge in [-0.05, 0) is 42.5 Å². The van der Waals surface area contributed by atoms with E-state index in [0.29, 0.717) is 0 Å². The van der Waals surface area contributed by atoms with E-state index >= 15 is 0 Å². The van der Waals surface area contributed by atoms with Crippen molar-refractivity contribution in [1.29, 1.82) is 0 Å². The van der Waals surface area contributed by atoms with Gasteiger partial charge in [-0.1, -0.05) is 31.5 Å². The lowest BCUT2D eigenvalue weighted by atomic mass is 9.94. The molecular formula is C15H20O2. The Labute approximate surface area is 103 Å². The molecule has 1 rings (SSSR count). The van der Waals surface area contributed by atoms with Gasteiger partial charge in [0, 0.05) is 6.08 Å². The van der Waals surface area contributed by atoms with E-state index in [9.17, 15) is 4.79 Å². The molecule has 17 heavy (non-hydrogen) atoms. The minimum Gasteiger partial charge on any atom is -0.466 e. The molecule has 1 aromatic rings. The van der Waals surface area contributed by atoms with Gasteiger partial charge in [-0.15, -0.1) is 0 Å². The lowest BCUT2D eigenvalue weighted by Gasteiger charge is -2.11. The number of hydrogen-bond donors (Lipinski definition) is 0. The highest BCUT2D eigenvalue weighted by molar-refractivity contribution is 5.87. The molecule has 0 heterocycles. The van der Waals surface area contributed by atoms with Crippen LogP contribution >= 0.6 is 0 Å². The number of benzene rings is 1. The molecule has 92 valence electrons. The fourth-order valence-electron chi connectivity index (χ4n) is 1.97. The minimum absolute atomic E-state index is 0.310. The fraction of sp³-hybridized carbons (Fsp3) is 0.400. The summed E-state index contributed by atoms with van der Waals surface area (Å²) in [6.45, 7) is 6.36. The van der Waals surface area contributed by atoms with E-state index in [1.807, 2.05) is 6.08 Å². The Bertz CT molecular complexity index is 406. The Kier molecular flexibility index (Phi) is 4.95. The maximum atomic E-state index is 11.1. The molecule has 0 fully saturated rings. The van der Waals surface area contributed by atoms with Crippen molar-refractivity contribution >= 4 is 12.0 Å². The van der Waals surface area contributed by atoms with Gasteiger partial charge in [0.1, 0.15) is 0 Å². The number of aryl methyl sites for hydroxylation is 3. The van der Waals surface area contributed by atoms with E-state index in [2.05, 4.69) is 37.6 Å². The monoisotopic (exact) mass is 232 g/mol. The van der Waals surface area contributed by atoms with Crippen LogP contribution in [0.3, 0.4) is 0 Å². The van der Waals surface area contributed by atoms with Gasteiger partial charge in [-0.3, -0.25) is 0 Å². The van der Waals surface area contributed by atoms with Gasteiger partial charge in [-0.2, -0.15) is 0 Å². The lowest BCUT2D eigenvalue weighted by molar-refractivity contribution is -0.134. The standard InChI is InChI=1S/C15H20O2/c1-5-12-9-11(3)10-13(6-2)14(12)7-8-15(16)17-4/h7-10H,5-6H2,1-4H3. The lowest BCUT2D eigenvalue weighted by Crippen LogP contribution is -1.98. The molecule has 0 aliphatic carbocycles. The molecule has 0 aliphatic rings. The van der Waals surface area contributed by atoms with Crippen molar-refractivity contribution in [3.05, 3.63) is 40.5 Å². The van der Waals surface area contributed by atoms with Crippen molar-refractivity contribution in [2.75, 3.05) is 7.11 Å². The second-order valence-corrected chi connectivity index (χ2v) is 4.06. The van der Waals surface area contributed by atoms with E-state index in [4.69, 9.17) is 0 Å². The normalized spacial score (nSPS) is 10.8. The summed E-state index contributed by atoms with van der Waals surface area (Å²) in [5.74, 6) is -0.310. The molecule has 0 spiro atoms. The van der Waals surface area contributed by atoms with Crippen molar-refractivity contribution in [3.8, 4) is 0 Å². The fourth-order valence-corrected chi connectivity index (χ4v) is 1.97.